The van der Waals surface area contributed by atoms with E-state index in [2.05, 4.69) is 4.72 Å². The van der Waals surface area contributed by atoms with Crippen LogP contribution in [0, 0.1) is 5.82 Å². The fourth-order valence-corrected chi connectivity index (χ4v) is 4.77. The lowest BCUT2D eigenvalue weighted by atomic mass is 9.74. The second-order valence-electron chi connectivity index (χ2n) is 6.16. The van der Waals surface area contributed by atoms with Crippen LogP contribution >= 0.6 is 11.6 Å². The summed E-state index contributed by atoms with van der Waals surface area (Å²) in [6.45, 7) is 1.17. The molecule has 0 aromatic heterocycles. The molecule has 3 rings (SSSR count). The van der Waals surface area contributed by atoms with Gasteiger partial charge in [0.2, 0.25) is 10.0 Å². The van der Waals surface area contributed by atoms with Gasteiger partial charge in [0.15, 0.2) is 0 Å². The minimum absolute atomic E-state index is 0.0399. The Morgan fingerprint density at radius 1 is 1.12 bits per heavy atom. The predicted molar refractivity (Wildman–Crippen MR) is 94.8 cm³/mol. The van der Waals surface area contributed by atoms with E-state index in [1.807, 2.05) is 6.07 Å². The maximum Gasteiger partial charge on any atom is 0.242 e. The Kier molecular flexibility index (Phi) is 5.43. The lowest BCUT2D eigenvalue weighted by Crippen LogP contribution is -2.44. The number of nitrogens with one attached hydrogen (secondary N) is 1. The van der Waals surface area contributed by atoms with Crippen LogP contribution in [0.15, 0.2) is 53.4 Å². The summed E-state index contributed by atoms with van der Waals surface area (Å²) in [7, 11) is -3.76. The van der Waals surface area contributed by atoms with Gasteiger partial charge in [-0.1, -0.05) is 35.9 Å². The summed E-state index contributed by atoms with van der Waals surface area (Å²) in [6.07, 6.45) is 1.23. The van der Waals surface area contributed by atoms with Crippen LogP contribution in [0.25, 0.3) is 0 Å². The summed E-state index contributed by atoms with van der Waals surface area (Å²) in [5.74, 6) is -0.336. The zero-order chi connectivity index (χ0) is 17.9. The largest absolute Gasteiger partial charge is 0.381 e. The van der Waals surface area contributed by atoms with Gasteiger partial charge in [-0.05, 0) is 42.7 Å². The van der Waals surface area contributed by atoms with Crippen molar-refractivity contribution in [2.24, 2.45) is 0 Å². The van der Waals surface area contributed by atoms with Gasteiger partial charge in [-0.3, -0.25) is 0 Å². The molecule has 0 amide bonds. The van der Waals surface area contributed by atoms with E-state index in [1.54, 1.807) is 18.2 Å². The smallest absolute Gasteiger partial charge is 0.242 e. The van der Waals surface area contributed by atoms with E-state index < -0.39 is 15.4 Å². The number of benzene rings is 2. The lowest BCUT2D eigenvalue weighted by Gasteiger charge is -2.38. The summed E-state index contributed by atoms with van der Waals surface area (Å²) in [6, 6.07) is 12.6. The van der Waals surface area contributed by atoms with Crippen LogP contribution in [-0.2, 0) is 20.2 Å². The van der Waals surface area contributed by atoms with Crippen LogP contribution in [0.5, 0.6) is 0 Å². The molecule has 25 heavy (non-hydrogen) atoms. The molecule has 1 saturated heterocycles. The van der Waals surface area contributed by atoms with Crippen molar-refractivity contribution in [3.63, 3.8) is 0 Å². The highest BCUT2D eigenvalue weighted by molar-refractivity contribution is 7.89. The first kappa shape index (κ1) is 18.3. The van der Waals surface area contributed by atoms with Crippen LogP contribution in [-0.4, -0.2) is 28.2 Å². The molecule has 2 aromatic carbocycles. The zero-order valence-electron chi connectivity index (χ0n) is 13.5. The first-order valence-corrected chi connectivity index (χ1v) is 9.87. The molecule has 7 heteroatoms. The standard InChI is InChI=1S/C18H19ClFNO3S/c19-16-6-1-2-7-17(16)25(22,23)21-13-18(8-10-24-11-9-18)14-4-3-5-15(20)12-14/h1-7,12,21H,8-11,13H2. The van der Waals surface area contributed by atoms with Crippen molar-refractivity contribution < 1.29 is 17.5 Å². The minimum Gasteiger partial charge on any atom is -0.381 e. The maximum atomic E-state index is 13.7. The van der Waals surface area contributed by atoms with Gasteiger partial charge < -0.3 is 4.74 Å². The highest BCUT2D eigenvalue weighted by Gasteiger charge is 2.36. The summed E-state index contributed by atoms with van der Waals surface area (Å²) < 4.78 is 47.0. The molecule has 1 fully saturated rings. The molecular weight excluding hydrogens is 365 g/mol. The van der Waals surface area contributed by atoms with Crippen molar-refractivity contribution in [3.05, 3.63) is 64.9 Å². The Morgan fingerprint density at radius 3 is 2.52 bits per heavy atom. The number of hydrogen-bond donors (Lipinski definition) is 1. The summed E-state index contributed by atoms with van der Waals surface area (Å²) >= 11 is 6.01. The Morgan fingerprint density at radius 2 is 1.84 bits per heavy atom. The van der Waals surface area contributed by atoms with Crippen molar-refractivity contribution in [1.29, 1.82) is 0 Å². The van der Waals surface area contributed by atoms with Gasteiger partial charge in [0.05, 0.1) is 5.02 Å². The van der Waals surface area contributed by atoms with Crippen molar-refractivity contribution in [3.8, 4) is 0 Å². The van der Waals surface area contributed by atoms with E-state index in [0.717, 1.165) is 5.56 Å². The molecule has 134 valence electrons. The molecule has 0 atom stereocenters. The van der Waals surface area contributed by atoms with Crippen LogP contribution in [0.3, 0.4) is 0 Å². The van der Waals surface area contributed by atoms with Gasteiger partial charge in [-0.15, -0.1) is 0 Å². The van der Waals surface area contributed by atoms with Crippen LogP contribution in [0.2, 0.25) is 5.02 Å². The Balaban J connectivity index is 1.88. The minimum atomic E-state index is -3.76. The zero-order valence-corrected chi connectivity index (χ0v) is 15.1. The third kappa shape index (κ3) is 4.03. The first-order valence-electron chi connectivity index (χ1n) is 8.01. The fraction of sp³-hybridized carbons (Fsp3) is 0.333. The molecule has 0 aliphatic carbocycles. The van der Waals surface area contributed by atoms with E-state index in [0.29, 0.717) is 26.1 Å². The van der Waals surface area contributed by atoms with Crippen LogP contribution in [0.1, 0.15) is 18.4 Å². The highest BCUT2D eigenvalue weighted by Crippen LogP contribution is 2.35. The van der Waals surface area contributed by atoms with E-state index >= 15 is 0 Å². The monoisotopic (exact) mass is 383 g/mol. The number of sulfonamides is 1. The molecule has 0 radical (unpaired) electrons. The van der Waals surface area contributed by atoms with Crippen molar-refractivity contribution in [2.75, 3.05) is 19.8 Å². The number of ether oxygens (including phenoxy) is 1. The molecule has 0 spiro atoms. The molecule has 0 bridgehead atoms. The van der Waals surface area contributed by atoms with Gasteiger partial charge in [-0.2, -0.15) is 0 Å². The van der Waals surface area contributed by atoms with Crippen molar-refractivity contribution in [1.82, 2.24) is 4.72 Å². The van der Waals surface area contributed by atoms with Gasteiger partial charge >= 0.3 is 0 Å². The van der Waals surface area contributed by atoms with E-state index in [4.69, 9.17) is 16.3 Å². The van der Waals surface area contributed by atoms with E-state index in [1.165, 1.54) is 24.3 Å². The topological polar surface area (TPSA) is 55.4 Å². The van der Waals surface area contributed by atoms with Crippen LogP contribution in [0.4, 0.5) is 4.39 Å². The molecule has 0 unspecified atom stereocenters. The molecule has 1 heterocycles. The summed E-state index contributed by atoms with van der Waals surface area (Å²) in [4.78, 5) is 0.0399. The van der Waals surface area contributed by atoms with Crippen molar-refractivity contribution >= 4 is 21.6 Å². The SMILES string of the molecule is O=S(=O)(NCC1(c2cccc(F)c2)CCOCC1)c1ccccc1Cl. The second kappa shape index (κ2) is 7.41. The number of hydrogen-bond acceptors (Lipinski definition) is 3. The fourth-order valence-electron chi connectivity index (χ4n) is 3.12. The Labute approximate surface area is 152 Å². The predicted octanol–water partition coefficient (Wildman–Crippen LogP) is 3.51. The Bertz CT molecular complexity index is 851. The maximum absolute atomic E-state index is 13.7. The second-order valence-corrected chi connectivity index (χ2v) is 8.30. The molecule has 1 N–H and O–H groups in total. The van der Waals surface area contributed by atoms with Gasteiger partial charge in [0.1, 0.15) is 10.7 Å². The number of rotatable bonds is 5. The summed E-state index contributed by atoms with van der Waals surface area (Å²) in [5.41, 5.74) is 0.270. The summed E-state index contributed by atoms with van der Waals surface area (Å²) in [5, 5.41) is 0.168. The molecule has 2 aromatic rings. The molecule has 1 aliphatic heterocycles. The van der Waals surface area contributed by atoms with E-state index in [9.17, 15) is 12.8 Å². The first-order chi connectivity index (χ1) is 11.9. The van der Waals surface area contributed by atoms with Gasteiger partial charge in [-0.25, -0.2) is 17.5 Å². The Hall–Kier alpha value is -1.47. The molecular formula is C18H19ClFNO3S. The quantitative estimate of drug-likeness (QED) is 0.859. The normalized spacial score (nSPS) is 17.4. The van der Waals surface area contributed by atoms with Gasteiger partial charge in [0, 0.05) is 25.2 Å². The average molecular weight is 384 g/mol. The third-order valence-electron chi connectivity index (χ3n) is 4.61. The molecule has 4 nitrogen and oxygen atoms in total. The van der Waals surface area contributed by atoms with Crippen LogP contribution < -0.4 is 4.72 Å². The van der Waals surface area contributed by atoms with E-state index in [-0.39, 0.29) is 22.3 Å². The molecule has 0 saturated carbocycles. The molecule has 1 aliphatic rings. The van der Waals surface area contributed by atoms with Crippen molar-refractivity contribution in [2.45, 2.75) is 23.2 Å². The highest BCUT2D eigenvalue weighted by atomic mass is 35.5. The lowest BCUT2D eigenvalue weighted by molar-refractivity contribution is 0.0516. The average Bonchev–Trinajstić information content (AvgIpc) is 2.61. The number of halogens is 2. The third-order valence-corrected chi connectivity index (χ3v) is 6.51. The van der Waals surface area contributed by atoms with Gasteiger partial charge in [0.25, 0.3) is 0 Å².